The van der Waals surface area contributed by atoms with E-state index in [1.165, 1.54) is 35.0 Å². The van der Waals surface area contributed by atoms with Crippen LogP contribution in [0.15, 0.2) is 47.9 Å². The van der Waals surface area contributed by atoms with Gasteiger partial charge >= 0.3 is 0 Å². The second-order valence-electron chi connectivity index (χ2n) is 9.83. The lowest BCUT2D eigenvalue weighted by Gasteiger charge is -2.25. The van der Waals surface area contributed by atoms with Crippen molar-refractivity contribution in [2.75, 3.05) is 18.8 Å². The largest absolute Gasteiger partial charge is 0.246 e. The number of sulfonamides is 1. The molecule has 1 fully saturated rings. The molecule has 1 saturated heterocycles. The number of halogens is 3. The first-order valence-electron chi connectivity index (χ1n) is 12.5. The Morgan fingerprint density at radius 2 is 1.77 bits per heavy atom. The number of aromatic nitrogens is 2. The van der Waals surface area contributed by atoms with Crippen LogP contribution in [0.5, 0.6) is 0 Å². The molecule has 8 nitrogen and oxygen atoms in total. The molecule has 13 heteroatoms. The normalized spacial score (nSPS) is 19.8. The van der Waals surface area contributed by atoms with Crippen molar-refractivity contribution in [2.45, 2.75) is 37.4 Å². The number of fused-ring (bicyclic) bond motifs is 1. The summed E-state index contributed by atoms with van der Waals surface area (Å²) in [6, 6.07) is 8.65. The number of sulfone groups is 1. The summed E-state index contributed by atoms with van der Waals surface area (Å²) in [5.74, 6) is -3.70. The fraction of sp³-hybridized carbons (Fsp3) is 0.346. The van der Waals surface area contributed by atoms with Crippen molar-refractivity contribution in [2.24, 2.45) is 0 Å². The van der Waals surface area contributed by atoms with Gasteiger partial charge in [0.25, 0.3) is 0 Å². The summed E-state index contributed by atoms with van der Waals surface area (Å²) < 4.78 is 95.1. The minimum atomic E-state index is -3.94. The summed E-state index contributed by atoms with van der Waals surface area (Å²) in [5.41, 5.74) is 1.01. The molecule has 3 aromatic rings. The summed E-state index contributed by atoms with van der Waals surface area (Å²) >= 11 is 0. The molecule has 0 amide bonds. The molecule has 0 aliphatic carbocycles. The summed E-state index contributed by atoms with van der Waals surface area (Å²) in [6.45, 7) is 1.14. The zero-order valence-electron chi connectivity index (χ0n) is 20.9. The molecule has 1 aromatic heterocycles. The predicted molar refractivity (Wildman–Crippen MR) is 140 cm³/mol. The van der Waals surface area contributed by atoms with Gasteiger partial charge in [-0.2, -0.15) is 5.10 Å². The zero-order valence-corrected chi connectivity index (χ0v) is 22.5. The second kappa shape index (κ2) is 10.9. The number of hydrazine groups is 1. The van der Waals surface area contributed by atoms with Gasteiger partial charge in [0, 0.05) is 36.0 Å². The van der Waals surface area contributed by atoms with Gasteiger partial charge in [0.1, 0.15) is 17.3 Å². The molecule has 3 heterocycles. The average molecular weight is 581 g/mol. The highest BCUT2D eigenvalue weighted by atomic mass is 32.2. The van der Waals surface area contributed by atoms with E-state index in [9.17, 15) is 30.0 Å². The quantitative estimate of drug-likeness (QED) is 0.456. The zero-order chi connectivity index (χ0) is 27.8. The standard InChI is InChI=1S/C26H27F3N4O4S2/c27-20-6-4-5-18(14-20)13-19-16-38(34,35)17-22-24(9-12-39(36,37)31-32-10-2-1-3-11-32)30-33(26(19)22)25-8-7-21(28)15-23(25)29/h4-9,12,14-15,19,31H,1-3,10-11,13,16-17H2/b12-9+. The fourth-order valence-electron chi connectivity index (χ4n) is 5.14. The van der Waals surface area contributed by atoms with Crippen molar-refractivity contribution in [3.05, 3.63) is 87.8 Å². The molecule has 2 aromatic carbocycles. The summed E-state index contributed by atoms with van der Waals surface area (Å²) in [5, 5.41) is 6.90. The molecular weight excluding hydrogens is 553 g/mol. The van der Waals surface area contributed by atoms with E-state index in [2.05, 4.69) is 9.93 Å². The van der Waals surface area contributed by atoms with Crippen LogP contribution in [0.2, 0.25) is 0 Å². The minimum Gasteiger partial charge on any atom is -0.234 e. The molecule has 0 radical (unpaired) electrons. The van der Waals surface area contributed by atoms with Crippen molar-refractivity contribution in [1.82, 2.24) is 19.6 Å². The number of rotatable bonds is 7. The van der Waals surface area contributed by atoms with Crippen molar-refractivity contribution in [3.63, 3.8) is 0 Å². The molecule has 2 aliphatic rings. The molecule has 39 heavy (non-hydrogen) atoms. The predicted octanol–water partition coefficient (Wildman–Crippen LogP) is 3.84. The lowest BCUT2D eigenvalue weighted by molar-refractivity contribution is 0.201. The van der Waals surface area contributed by atoms with Crippen LogP contribution < -0.4 is 4.83 Å². The number of piperidine rings is 1. The molecule has 5 rings (SSSR count). The van der Waals surface area contributed by atoms with Crippen molar-refractivity contribution >= 4 is 25.9 Å². The molecule has 1 atom stereocenters. The van der Waals surface area contributed by atoms with Gasteiger partial charge in [-0.15, -0.1) is 4.83 Å². The molecule has 1 unspecified atom stereocenters. The van der Waals surface area contributed by atoms with Crippen LogP contribution in [0, 0.1) is 17.5 Å². The third-order valence-electron chi connectivity index (χ3n) is 6.79. The third kappa shape index (κ3) is 6.43. The topological polar surface area (TPSA) is 101 Å². The van der Waals surface area contributed by atoms with Crippen LogP contribution in [-0.2, 0) is 32.0 Å². The maximum Gasteiger partial charge on any atom is 0.246 e. The van der Waals surface area contributed by atoms with Gasteiger partial charge in [0.05, 0.1) is 22.9 Å². The molecule has 0 spiro atoms. The van der Waals surface area contributed by atoms with Crippen molar-refractivity contribution in [1.29, 1.82) is 0 Å². The van der Waals surface area contributed by atoms with Gasteiger partial charge in [0.15, 0.2) is 15.7 Å². The molecular formula is C26H27F3N4O4S2. The van der Waals surface area contributed by atoms with Gasteiger partial charge in [-0.1, -0.05) is 18.6 Å². The lowest BCUT2D eigenvalue weighted by atomic mass is 9.94. The Labute approximate surface area is 225 Å². The Balaban J connectivity index is 1.60. The monoisotopic (exact) mass is 580 g/mol. The maximum absolute atomic E-state index is 14.9. The highest BCUT2D eigenvalue weighted by Gasteiger charge is 2.36. The van der Waals surface area contributed by atoms with Crippen molar-refractivity contribution in [3.8, 4) is 5.69 Å². The van der Waals surface area contributed by atoms with Crippen molar-refractivity contribution < 1.29 is 30.0 Å². The summed E-state index contributed by atoms with van der Waals surface area (Å²) in [6.07, 6.45) is 4.03. The first kappa shape index (κ1) is 27.6. The fourth-order valence-corrected chi connectivity index (χ4v) is 7.79. The second-order valence-corrected chi connectivity index (χ2v) is 13.5. The first-order chi connectivity index (χ1) is 18.5. The number of hydrogen-bond donors (Lipinski definition) is 1. The Morgan fingerprint density at radius 1 is 1.03 bits per heavy atom. The minimum absolute atomic E-state index is 0.0326. The van der Waals surface area contributed by atoms with E-state index in [4.69, 9.17) is 0 Å². The number of nitrogens with zero attached hydrogens (tertiary/aromatic N) is 3. The number of hydrogen-bond acceptors (Lipinski definition) is 6. The van der Waals surface area contributed by atoms with Gasteiger partial charge in [-0.25, -0.2) is 39.7 Å². The number of nitrogens with one attached hydrogen (secondary N) is 1. The van der Waals surface area contributed by atoms with Crippen LogP contribution in [0.4, 0.5) is 13.2 Å². The van der Waals surface area contributed by atoms with Gasteiger partial charge < -0.3 is 0 Å². The Kier molecular flexibility index (Phi) is 7.68. The first-order valence-corrected chi connectivity index (χ1v) is 15.8. The Hall–Kier alpha value is -3.00. The van der Waals surface area contributed by atoms with E-state index in [1.807, 2.05) is 0 Å². The van der Waals surface area contributed by atoms with Gasteiger partial charge in [-0.05, 0) is 55.2 Å². The molecule has 0 saturated carbocycles. The molecule has 0 bridgehead atoms. The Bertz CT molecular complexity index is 1630. The maximum atomic E-state index is 14.9. The van der Waals surface area contributed by atoms with E-state index in [-0.39, 0.29) is 29.1 Å². The molecule has 2 aliphatic heterocycles. The van der Waals surface area contributed by atoms with Crippen LogP contribution in [0.25, 0.3) is 11.8 Å². The van der Waals surface area contributed by atoms with Crippen LogP contribution in [0.3, 0.4) is 0 Å². The third-order valence-corrected chi connectivity index (χ3v) is 9.43. The summed E-state index contributed by atoms with van der Waals surface area (Å²) in [4.78, 5) is 2.49. The lowest BCUT2D eigenvalue weighted by Crippen LogP contribution is -2.44. The smallest absolute Gasteiger partial charge is 0.234 e. The van der Waals surface area contributed by atoms with Gasteiger partial charge in [0.2, 0.25) is 10.0 Å². The highest BCUT2D eigenvalue weighted by Crippen LogP contribution is 2.37. The van der Waals surface area contributed by atoms with E-state index in [1.54, 1.807) is 11.1 Å². The van der Waals surface area contributed by atoms with E-state index in [0.29, 0.717) is 30.4 Å². The van der Waals surface area contributed by atoms with E-state index >= 15 is 0 Å². The summed E-state index contributed by atoms with van der Waals surface area (Å²) in [7, 11) is -7.61. The molecule has 208 valence electrons. The van der Waals surface area contributed by atoms with Crippen LogP contribution in [0.1, 0.15) is 47.7 Å². The Morgan fingerprint density at radius 3 is 2.49 bits per heavy atom. The highest BCUT2D eigenvalue weighted by molar-refractivity contribution is 7.92. The van der Waals surface area contributed by atoms with E-state index in [0.717, 1.165) is 30.7 Å². The number of benzene rings is 2. The SMILES string of the molecule is O=S1(=O)Cc2c(/C=C/S(=O)(=O)NN3CCCCC3)nn(-c3ccc(F)cc3F)c2C(Cc2cccc(F)c2)C1. The van der Waals surface area contributed by atoms with Crippen LogP contribution in [-0.4, -0.2) is 50.5 Å². The van der Waals surface area contributed by atoms with Gasteiger partial charge in [-0.3, -0.25) is 0 Å². The molecule has 1 N–H and O–H groups in total. The average Bonchev–Trinajstić information content (AvgIpc) is 3.20. The van der Waals surface area contributed by atoms with E-state index < -0.39 is 49.0 Å². The van der Waals surface area contributed by atoms with Crippen LogP contribution >= 0.6 is 0 Å².